The molecule has 0 radical (unpaired) electrons. The van der Waals surface area contributed by atoms with Crippen molar-refractivity contribution in [3.05, 3.63) is 18.2 Å². The van der Waals surface area contributed by atoms with E-state index in [-0.39, 0.29) is 18.3 Å². The number of nitrogens with two attached hydrogens (primary N) is 1. The van der Waals surface area contributed by atoms with Crippen molar-refractivity contribution in [3.8, 4) is 0 Å². The van der Waals surface area contributed by atoms with Crippen LogP contribution < -0.4 is 11.1 Å². The van der Waals surface area contributed by atoms with E-state index in [9.17, 15) is 4.79 Å². The van der Waals surface area contributed by atoms with E-state index in [1.54, 1.807) is 0 Å². The number of carbonyl (C=O) groups is 1. The molecule has 1 heterocycles. The maximum absolute atomic E-state index is 11.7. The van der Waals surface area contributed by atoms with Crippen LogP contribution in [0, 0.1) is 0 Å². The molecule has 1 aromatic carbocycles. The third kappa shape index (κ3) is 4.79. The van der Waals surface area contributed by atoms with E-state index in [1.165, 1.54) is 0 Å². The summed E-state index contributed by atoms with van der Waals surface area (Å²) in [4.78, 5) is 11.7. The topological polar surface area (TPSA) is 96.7 Å². The molecule has 0 atom stereocenters. The number of nitrogens with one attached hydrogen (secondary N) is 2. The van der Waals surface area contributed by atoms with Crippen molar-refractivity contribution in [1.82, 2.24) is 15.4 Å². The fourth-order valence-corrected chi connectivity index (χ4v) is 1.92. The number of hydrogen-bond donors (Lipinski definition) is 3. The Labute approximate surface area is 123 Å². The summed E-state index contributed by atoms with van der Waals surface area (Å²) in [6.45, 7) is 0.726. The zero-order chi connectivity index (χ0) is 13.5. The van der Waals surface area contributed by atoms with Crippen molar-refractivity contribution < 1.29 is 4.79 Å². The molecule has 0 spiro atoms. The first-order chi connectivity index (χ1) is 9.29. The molecule has 110 valence electrons. The zero-order valence-electron chi connectivity index (χ0n) is 11.3. The number of anilines is 1. The van der Waals surface area contributed by atoms with Crippen LogP contribution in [-0.4, -0.2) is 27.9 Å². The number of halogens is 1. The zero-order valence-corrected chi connectivity index (χ0v) is 12.1. The average molecular weight is 298 g/mol. The molecule has 0 unspecified atom stereocenters. The summed E-state index contributed by atoms with van der Waals surface area (Å²) in [5, 5.41) is 13.4. The third-order valence-corrected chi connectivity index (χ3v) is 2.96. The van der Waals surface area contributed by atoms with Crippen LogP contribution in [0.1, 0.15) is 32.1 Å². The van der Waals surface area contributed by atoms with E-state index in [2.05, 4.69) is 20.7 Å². The molecule has 0 saturated heterocycles. The van der Waals surface area contributed by atoms with Gasteiger partial charge in [0.1, 0.15) is 11.0 Å². The molecular weight excluding hydrogens is 278 g/mol. The van der Waals surface area contributed by atoms with Crippen LogP contribution in [0.2, 0.25) is 0 Å². The van der Waals surface area contributed by atoms with Gasteiger partial charge in [0, 0.05) is 12.1 Å². The van der Waals surface area contributed by atoms with Gasteiger partial charge in [-0.25, -0.2) is 0 Å². The van der Waals surface area contributed by atoms with E-state index in [4.69, 9.17) is 5.73 Å². The van der Waals surface area contributed by atoms with Crippen molar-refractivity contribution in [3.63, 3.8) is 0 Å². The SMILES string of the molecule is Cl.NCCCCCCC(=O)Nc1ccc2n[nH]nc2c1. The van der Waals surface area contributed by atoms with Crippen LogP contribution in [0.5, 0.6) is 0 Å². The van der Waals surface area contributed by atoms with Gasteiger partial charge in [-0.1, -0.05) is 12.8 Å². The van der Waals surface area contributed by atoms with E-state index in [1.807, 2.05) is 18.2 Å². The Hall–Kier alpha value is -1.66. The lowest BCUT2D eigenvalue weighted by Gasteiger charge is -2.04. The Kier molecular flexibility index (Phi) is 6.97. The number of rotatable bonds is 7. The first-order valence-electron chi connectivity index (χ1n) is 6.60. The Morgan fingerprint density at radius 1 is 1.15 bits per heavy atom. The Morgan fingerprint density at radius 2 is 1.90 bits per heavy atom. The van der Waals surface area contributed by atoms with Gasteiger partial charge >= 0.3 is 0 Å². The van der Waals surface area contributed by atoms with Crippen molar-refractivity contribution in [1.29, 1.82) is 0 Å². The van der Waals surface area contributed by atoms with Crippen molar-refractivity contribution in [2.45, 2.75) is 32.1 Å². The lowest BCUT2D eigenvalue weighted by Crippen LogP contribution is -2.11. The van der Waals surface area contributed by atoms with Crippen LogP contribution in [-0.2, 0) is 4.79 Å². The second-order valence-corrected chi connectivity index (χ2v) is 4.53. The molecule has 2 aromatic rings. The Balaban J connectivity index is 0.00000200. The fraction of sp³-hybridized carbons (Fsp3) is 0.462. The molecule has 4 N–H and O–H groups in total. The highest BCUT2D eigenvalue weighted by Gasteiger charge is 2.04. The van der Waals surface area contributed by atoms with Crippen molar-refractivity contribution in [2.75, 3.05) is 11.9 Å². The molecule has 0 aliphatic heterocycles. The third-order valence-electron chi connectivity index (χ3n) is 2.96. The molecular formula is C13H20ClN5O. The van der Waals surface area contributed by atoms with Crippen LogP contribution in [0.15, 0.2) is 18.2 Å². The second-order valence-electron chi connectivity index (χ2n) is 4.53. The molecule has 0 bridgehead atoms. The summed E-state index contributed by atoms with van der Waals surface area (Å²) in [6, 6.07) is 5.47. The molecule has 2 rings (SSSR count). The van der Waals surface area contributed by atoms with E-state index in [0.717, 1.165) is 48.9 Å². The maximum atomic E-state index is 11.7. The normalized spacial score (nSPS) is 10.2. The average Bonchev–Trinajstić information content (AvgIpc) is 2.86. The number of carbonyl (C=O) groups excluding carboxylic acids is 1. The lowest BCUT2D eigenvalue weighted by atomic mass is 10.1. The summed E-state index contributed by atoms with van der Waals surface area (Å²) >= 11 is 0. The predicted molar refractivity (Wildman–Crippen MR) is 81.9 cm³/mol. The molecule has 20 heavy (non-hydrogen) atoms. The molecule has 1 aromatic heterocycles. The van der Waals surface area contributed by atoms with E-state index in [0.29, 0.717) is 6.42 Å². The van der Waals surface area contributed by atoms with Gasteiger partial charge in [-0.15, -0.1) is 12.4 Å². The number of unbranched alkanes of at least 4 members (excludes halogenated alkanes) is 3. The highest BCUT2D eigenvalue weighted by atomic mass is 35.5. The fourth-order valence-electron chi connectivity index (χ4n) is 1.92. The van der Waals surface area contributed by atoms with E-state index >= 15 is 0 Å². The van der Waals surface area contributed by atoms with Crippen molar-refractivity contribution in [2.24, 2.45) is 5.73 Å². The number of fused-ring (bicyclic) bond motifs is 1. The number of nitrogens with zero attached hydrogens (tertiary/aromatic N) is 2. The van der Waals surface area contributed by atoms with Gasteiger partial charge in [0.15, 0.2) is 0 Å². The largest absolute Gasteiger partial charge is 0.330 e. The van der Waals surface area contributed by atoms with Crippen LogP contribution >= 0.6 is 12.4 Å². The molecule has 0 aliphatic rings. The quantitative estimate of drug-likeness (QED) is 0.683. The Bertz CT molecular complexity index is 542. The first-order valence-corrected chi connectivity index (χ1v) is 6.60. The minimum absolute atomic E-state index is 0. The van der Waals surface area contributed by atoms with Gasteiger partial charge in [-0.05, 0) is 37.6 Å². The Morgan fingerprint density at radius 3 is 2.70 bits per heavy atom. The molecule has 1 amide bonds. The monoisotopic (exact) mass is 297 g/mol. The summed E-state index contributed by atoms with van der Waals surface area (Å²) in [6.07, 6.45) is 4.62. The molecule has 0 saturated carbocycles. The van der Waals surface area contributed by atoms with Gasteiger partial charge < -0.3 is 11.1 Å². The summed E-state index contributed by atoms with van der Waals surface area (Å²) in [5.74, 6) is 0.0376. The number of H-pyrrole nitrogens is 1. The smallest absolute Gasteiger partial charge is 0.224 e. The van der Waals surface area contributed by atoms with Crippen LogP contribution in [0.4, 0.5) is 5.69 Å². The number of benzene rings is 1. The number of aromatic amines is 1. The highest BCUT2D eigenvalue weighted by molar-refractivity contribution is 5.92. The summed E-state index contributed by atoms with van der Waals surface area (Å²) in [5.41, 5.74) is 7.72. The molecule has 6 nitrogen and oxygen atoms in total. The van der Waals surface area contributed by atoms with Gasteiger partial charge in [0.25, 0.3) is 0 Å². The van der Waals surface area contributed by atoms with E-state index < -0.39 is 0 Å². The van der Waals surface area contributed by atoms with Crippen LogP contribution in [0.25, 0.3) is 11.0 Å². The first kappa shape index (κ1) is 16.4. The molecule has 0 fully saturated rings. The molecule has 0 aliphatic carbocycles. The highest BCUT2D eigenvalue weighted by Crippen LogP contribution is 2.15. The molecule has 7 heteroatoms. The van der Waals surface area contributed by atoms with Crippen LogP contribution in [0.3, 0.4) is 0 Å². The van der Waals surface area contributed by atoms with Gasteiger partial charge in [-0.3, -0.25) is 4.79 Å². The van der Waals surface area contributed by atoms with Crippen molar-refractivity contribution >= 4 is 35.0 Å². The standard InChI is InChI=1S/C13H19N5O.ClH/c14-8-4-2-1-3-5-13(19)15-10-6-7-11-12(9-10)17-18-16-11;/h6-7,9H,1-5,8,14H2,(H,15,19)(H,16,17,18);1H. The number of amides is 1. The second kappa shape index (κ2) is 8.50. The van der Waals surface area contributed by atoms with Gasteiger partial charge in [0.2, 0.25) is 5.91 Å². The predicted octanol–water partition coefficient (Wildman–Crippen LogP) is 2.23. The lowest BCUT2D eigenvalue weighted by molar-refractivity contribution is -0.116. The minimum Gasteiger partial charge on any atom is -0.330 e. The van der Waals surface area contributed by atoms with Gasteiger partial charge in [0.05, 0.1) is 0 Å². The maximum Gasteiger partial charge on any atom is 0.224 e. The van der Waals surface area contributed by atoms with Gasteiger partial charge in [-0.2, -0.15) is 15.4 Å². The number of aromatic nitrogens is 3. The minimum atomic E-state index is 0. The summed E-state index contributed by atoms with van der Waals surface area (Å²) in [7, 11) is 0. The number of hydrogen-bond acceptors (Lipinski definition) is 4. The summed E-state index contributed by atoms with van der Waals surface area (Å²) < 4.78 is 0.